The van der Waals surface area contributed by atoms with Crippen molar-refractivity contribution in [1.82, 2.24) is 0 Å². The van der Waals surface area contributed by atoms with E-state index < -0.39 is 0 Å². The summed E-state index contributed by atoms with van der Waals surface area (Å²) in [6.45, 7) is 0. The van der Waals surface area contributed by atoms with Gasteiger partial charge >= 0.3 is 0 Å². The maximum atomic E-state index is 11.8. The zero-order chi connectivity index (χ0) is 31.0. The summed E-state index contributed by atoms with van der Waals surface area (Å²) in [4.78, 5) is 23.7. The molecular weight excluding hydrogens is 568 g/mol. The van der Waals surface area contributed by atoms with E-state index in [2.05, 4.69) is 36.4 Å². The van der Waals surface area contributed by atoms with Crippen LogP contribution in [0.25, 0.3) is 54.2 Å². The van der Waals surface area contributed by atoms with Gasteiger partial charge in [-0.1, -0.05) is 109 Å². The van der Waals surface area contributed by atoms with Crippen molar-refractivity contribution < 1.29 is 19.1 Å². The second kappa shape index (κ2) is 11.3. The average Bonchev–Trinajstić information content (AvgIpc) is 3.12. The Bertz CT molecular complexity index is 2300. The van der Waals surface area contributed by atoms with Crippen LogP contribution in [-0.4, -0.2) is 12.6 Å². The highest BCUT2D eigenvalue weighted by molar-refractivity contribution is 6.10. The smallest absolute Gasteiger partial charge is 0.150 e. The minimum Gasteiger partial charge on any atom is -0.456 e. The largest absolute Gasteiger partial charge is 0.456 e. The number of ether oxygens (including phenoxy) is 2. The molecule has 0 bridgehead atoms. The van der Waals surface area contributed by atoms with Crippen LogP contribution in [0.1, 0.15) is 20.7 Å². The van der Waals surface area contributed by atoms with Crippen molar-refractivity contribution in [3.05, 3.63) is 157 Å². The van der Waals surface area contributed by atoms with Crippen molar-refractivity contribution in [1.29, 1.82) is 0 Å². The van der Waals surface area contributed by atoms with Gasteiger partial charge < -0.3 is 9.47 Å². The molecule has 0 aliphatic carbocycles. The Morgan fingerprint density at radius 2 is 0.674 bits per heavy atom. The van der Waals surface area contributed by atoms with Crippen LogP contribution < -0.4 is 9.47 Å². The lowest BCUT2D eigenvalue weighted by atomic mass is 9.92. The number of hydrogen-bond acceptors (Lipinski definition) is 4. The monoisotopic (exact) mass is 594 g/mol. The van der Waals surface area contributed by atoms with Gasteiger partial charge in [0.25, 0.3) is 0 Å². The highest BCUT2D eigenvalue weighted by atomic mass is 16.5. The SMILES string of the molecule is O=Cc1ccc(Oc2ccc3ccccc3c2-c2c(Oc3ccc(C=O)c4ccccc34)ccc3ccccc23)c2ccccc12. The van der Waals surface area contributed by atoms with E-state index >= 15 is 0 Å². The number of benzene rings is 8. The molecule has 0 amide bonds. The summed E-state index contributed by atoms with van der Waals surface area (Å²) in [6, 6.07) is 47.5. The number of carbonyl (C=O) groups excluding carboxylic acids is 2. The fourth-order valence-corrected chi connectivity index (χ4v) is 6.40. The standard InChI is InChI=1S/C42H26O4/c43-25-29-19-21-37(35-15-7-5-11-31(29)35)45-39-23-17-27-9-1-3-13-33(27)41(39)42-34-14-4-2-10-28(34)18-24-40(42)46-38-22-20-30(26-44)32-12-6-8-16-36(32)38/h1-26H. The van der Waals surface area contributed by atoms with Crippen LogP contribution in [-0.2, 0) is 0 Å². The molecule has 0 heterocycles. The van der Waals surface area contributed by atoms with E-state index in [0.717, 1.165) is 66.8 Å². The Labute approximate surface area is 265 Å². The number of aldehydes is 2. The first-order valence-electron chi connectivity index (χ1n) is 15.1. The third-order valence-corrected chi connectivity index (χ3v) is 8.56. The van der Waals surface area contributed by atoms with Crippen molar-refractivity contribution in [3.8, 4) is 34.1 Å². The molecule has 0 radical (unpaired) electrons. The molecule has 8 aromatic rings. The topological polar surface area (TPSA) is 52.6 Å². The maximum absolute atomic E-state index is 11.8. The van der Waals surface area contributed by atoms with E-state index in [9.17, 15) is 9.59 Å². The van der Waals surface area contributed by atoms with Crippen LogP contribution in [0.2, 0.25) is 0 Å². The highest BCUT2D eigenvalue weighted by Crippen LogP contribution is 2.48. The minimum absolute atomic E-state index is 0.610. The zero-order valence-corrected chi connectivity index (χ0v) is 24.6. The second-order valence-electron chi connectivity index (χ2n) is 11.2. The predicted molar refractivity (Wildman–Crippen MR) is 186 cm³/mol. The molecule has 0 spiro atoms. The van der Waals surface area contributed by atoms with E-state index in [1.54, 1.807) is 12.1 Å². The summed E-state index contributed by atoms with van der Waals surface area (Å²) in [5.74, 6) is 2.61. The molecule has 4 nitrogen and oxygen atoms in total. The molecule has 8 rings (SSSR count). The molecule has 4 heteroatoms. The minimum atomic E-state index is 0.610. The second-order valence-corrected chi connectivity index (χ2v) is 11.2. The van der Waals surface area contributed by atoms with Gasteiger partial charge in [0.15, 0.2) is 12.6 Å². The number of carbonyl (C=O) groups is 2. The summed E-state index contributed by atoms with van der Waals surface area (Å²) >= 11 is 0. The first-order chi connectivity index (χ1) is 22.7. The Kier molecular flexibility index (Phi) is 6.73. The molecule has 46 heavy (non-hydrogen) atoms. The third kappa shape index (κ3) is 4.56. The number of fused-ring (bicyclic) bond motifs is 4. The molecule has 0 N–H and O–H groups in total. The number of rotatable bonds is 7. The van der Waals surface area contributed by atoms with Crippen molar-refractivity contribution in [2.75, 3.05) is 0 Å². The maximum Gasteiger partial charge on any atom is 0.150 e. The highest BCUT2D eigenvalue weighted by Gasteiger charge is 2.21. The van der Waals surface area contributed by atoms with E-state index in [4.69, 9.17) is 9.47 Å². The van der Waals surface area contributed by atoms with Crippen LogP contribution >= 0.6 is 0 Å². The van der Waals surface area contributed by atoms with Gasteiger partial charge in [-0.25, -0.2) is 0 Å². The molecule has 0 fully saturated rings. The van der Waals surface area contributed by atoms with Gasteiger partial charge in [-0.15, -0.1) is 0 Å². The van der Waals surface area contributed by atoms with Crippen LogP contribution in [0.4, 0.5) is 0 Å². The lowest BCUT2D eigenvalue weighted by Crippen LogP contribution is -1.96. The fraction of sp³-hybridized carbons (Fsp3) is 0. The van der Waals surface area contributed by atoms with Gasteiger partial charge in [0.05, 0.1) is 0 Å². The van der Waals surface area contributed by atoms with Gasteiger partial charge in [-0.3, -0.25) is 9.59 Å². The molecular formula is C42H26O4. The zero-order valence-electron chi connectivity index (χ0n) is 24.6. The van der Waals surface area contributed by atoms with Crippen LogP contribution in [0.5, 0.6) is 23.0 Å². The van der Waals surface area contributed by atoms with Crippen molar-refractivity contribution in [3.63, 3.8) is 0 Å². The molecule has 0 atom stereocenters. The van der Waals surface area contributed by atoms with E-state index in [1.165, 1.54) is 0 Å². The molecule has 0 unspecified atom stereocenters. The Balaban J connectivity index is 1.40. The van der Waals surface area contributed by atoms with Gasteiger partial charge in [0, 0.05) is 33.0 Å². The summed E-state index contributed by atoms with van der Waals surface area (Å²) in [7, 11) is 0. The van der Waals surface area contributed by atoms with Gasteiger partial charge in [0.1, 0.15) is 23.0 Å². The molecule has 0 saturated carbocycles. The summed E-state index contributed by atoms with van der Waals surface area (Å²) in [6.07, 6.45) is 1.75. The van der Waals surface area contributed by atoms with Gasteiger partial charge in [-0.2, -0.15) is 0 Å². The van der Waals surface area contributed by atoms with Crippen molar-refractivity contribution in [2.45, 2.75) is 0 Å². The molecule has 0 aliphatic rings. The third-order valence-electron chi connectivity index (χ3n) is 8.56. The quantitative estimate of drug-likeness (QED) is 0.172. The summed E-state index contributed by atoms with van der Waals surface area (Å²) in [5.41, 5.74) is 3.00. The Morgan fingerprint density at radius 1 is 0.326 bits per heavy atom. The summed E-state index contributed by atoms with van der Waals surface area (Å²) < 4.78 is 13.7. The molecule has 0 aliphatic heterocycles. The van der Waals surface area contributed by atoms with Crippen molar-refractivity contribution >= 4 is 55.7 Å². The lowest BCUT2D eigenvalue weighted by Gasteiger charge is -2.20. The van der Waals surface area contributed by atoms with Crippen LogP contribution in [0.3, 0.4) is 0 Å². The molecule has 0 saturated heterocycles. The van der Waals surface area contributed by atoms with Gasteiger partial charge in [-0.05, 0) is 68.7 Å². The van der Waals surface area contributed by atoms with E-state index in [-0.39, 0.29) is 0 Å². The van der Waals surface area contributed by atoms with Crippen LogP contribution in [0, 0.1) is 0 Å². The predicted octanol–water partition coefficient (Wildman–Crippen LogP) is 11.2. The van der Waals surface area contributed by atoms with E-state index in [1.807, 2.05) is 97.1 Å². The molecule has 8 aromatic carbocycles. The van der Waals surface area contributed by atoms with Gasteiger partial charge in [0.2, 0.25) is 0 Å². The Hall–Kier alpha value is -6.26. The normalized spacial score (nSPS) is 11.2. The van der Waals surface area contributed by atoms with E-state index in [0.29, 0.717) is 34.1 Å². The first kappa shape index (κ1) is 27.3. The fourth-order valence-electron chi connectivity index (χ4n) is 6.40. The average molecular weight is 595 g/mol. The van der Waals surface area contributed by atoms with Crippen LogP contribution in [0.15, 0.2) is 146 Å². The van der Waals surface area contributed by atoms with Crippen molar-refractivity contribution in [2.24, 2.45) is 0 Å². The number of hydrogen-bond donors (Lipinski definition) is 0. The molecule has 0 aromatic heterocycles. The first-order valence-corrected chi connectivity index (χ1v) is 15.1. The molecule has 218 valence electrons. The summed E-state index contributed by atoms with van der Waals surface area (Å²) in [5, 5.41) is 7.50. The lowest BCUT2D eigenvalue weighted by molar-refractivity contribution is 0.111. The Morgan fingerprint density at radius 3 is 1.09 bits per heavy atom.